The van der Waals surface area contributed by atoms with Crippen molar-refractivity contribution in [3.63, 3.8) is 0 Å². The Morgan fingerprint density at radius 1 is 1.32 bits per heavy atom. The molecule has 0 spiro atoms. The van der Waals surface area contributed by atoms with Crippen molar-refractivity contribution in [1.82, 2.24) is 5.48 Å². The fourth-order valence-electron chi connectivity index (χ4n) is 1.82. The SMILES string of the molecule is CCCCCC(CNOCc1ccccc1)C(=O)O. The van der Waals surface area contributed by atoms with Gasteiger partial charge in [0.2, 0.25) is 0 Å². The maximum absolute atomic E-state index is 11.1. The first-order valence-corrected chi connectivity index (χ1v) is 6.85. The van der Waals surface area contributed by atoms with Gasteiger partial charge >= 0.3 is 5.97 Å². The van der Waals surface area contributed by atoms with E-state index >= 15 is 0 Å². The highest BCUT2D eigenvalue weighted by Crippen LogP contribution is 2.09. The monoisotopic (exact) mass is 265 g/mol. The van der Waals surface area contributed by atoms with Gasteiger partial charge in [0.15, 0.2) is 0 Å². The smallest absolute Gasteiger partial charge is 0.307 e. The molecule has 106 valence electrons. The molecular weight excluding hydrogens is 242 g/mol. The molecule has 0 aliphatic heterocycles. The van der Waals surface area contributed by atoms with Crippen LogP contribution in [0.1, 0.15) is 38.2 Å². The highest BCUT2D eigenvalue weighted by molar-refractivity contribution is 5.70. The van der Waals surface area contributed by atoms with E-state index in [1.165, 1.54) is 0 Å². The number of unbranched alkanes of at least 4 members (excludes halogenated alkanes) is 2. The maximum atomic E-state index is 11.1. The molecule has 0 bridgehead atoms. The van der Waals surface area contributed by atoms with Crippen LogP contribution in [0.5, 0.6) is 0 Å². The summed E-state index contributed by atoms with van der Waals surface area (Å²) in [5.74, 6) is -1.13. The van der Waals surface area contributed by atoms with Crippen LogP contribution in [0, 0.1) is 5.92 Å². The number of carbonyl (C=O) groups is 1. The minimum atomic E-state index is -0.757. The van der Waals surface area contributed by atoms with Crippen molar-refractivity contribution in [2.75, 3.05) is 6.54 Å². The predicted octanol–water partition coefficient (Wildman–Crippen LogP) is 2.99. The zero-order chi connectivity index (χ0) is 13.9. The lowest BCUT2D eigenvalue weighted by atomic mass is 10.0. The minimum Gasteiger partial charge on any atom is -0.481 e. The molecule has 0 radical (unpaired) electrons. The zero-order valence-corrected chi connectivity index (χ0v) is 11.5. The number of aliphatic carboxylic acids is 1. The van der Waals surface area contributed by atoms with E-state index in [0.717, 1.165) is 24.8 Å². The largest absolute Gasteiger partial charge is 0.481 e. The topological polar surface area (TPSA) is 58.6 Å². The molecule has 0 fully saturated rings. The normalized spacial score (nSPS) is 12.3. The Morgan fingerprint density at radius 2 is 2.05 bits per heavy atom. The highest BCUT2D eigenvalue weighted by Gasteiger charge is 2.16. The van der Waals surface area contributed by atoms with Gasteiger partial charge in [-0.15, -0.1) is 0 Å². The second-order valence-electron chi connectivity index (χ2n) is 4.65. The summed E-state index contributed by atoms with van der Waals surface area (Å²) >= 11 is 0. The van der Waals surface area contributed by atoms with Gasteiger partial charge in [0.05, 0.1) is 12.5 Å². The van der Waals surface area contributed by atoms with Crippen molar-refractivity contribution in [2.24, 2.45) is 5.92 Å². The Bertz CT molecular complexity index is 354. The summed E-state index contributed by atoms with van der Waals surface area (Å²) in [6.07, 6.45) is 3.83. The van der Waals surface area contributed by atoms with Gasteiger partial charge in [-0.25, -0.2) is 5.48 Å². The molecule has 0 amide bonds. The van der Waals surface area contributed by atoms with Gasteiger partial charge in [0, 0.05) is 6.54 Å². The van der Waals surface area contributed by atoms with Gasteiger partial charge in [0.1, 0.15) is 0 Å². The summed E-state index contributed by atoms with van der Waals surface area (Å²) in [6.45, 7) is 2.91. The van der Waals surface area contributed by atoms with E-state index in [2.05, 4.69) is 12.4 Å². The first-order valence-electron chi connectivity index (χ1n) is 6.85. The molecule has 0 heterocycles. The Kier molecular flexibility index (Phi) is 7.86. The third-order valence-electron chi connectivity index (χ3n) is 3.02. The van der Waals surface area contributed by atoms with Gasteiger partial charge in [-0.2, -0.15) is 0 Å². The second kappa shape index (κ2) is 9.53. The number of rotatable bonds is 10. The lowest BCUT2D eigenvalue weighted by molar-refractivity contribution is -0.143. The molecule has 4 heteroatoms. The van der Waals surface area contributed by atoms with E-state index in [1.807, 2.05) is 30.3 Å². The van der Waals surface area contributed by atoms with Crippen molar-refractivity contribution in [3.8, 4) is 0 Å². The molecule has 1 aromatic rings. The molecule has 0 aromatic heterocycles. The van der Waals surface area contributed by atoms with E-state index in [4.69, 9.17) is 9.94 Å². The maximum Gasteiger partial charge on any atom is 0.307 e. The van der Waals surface area contributed by atoms with Crippen LogP contribution in [0.4, 0.5) is 0 Å². The zero-order valence-electron chi connectivity index (χ0n) is 11.5. The second-order valence-corrected chi connectivity index (χ2v) is 4.65. The Morgan fingerprint density at radius 3 is 2.68 bits per heavy atom. The van der Waals surface area contributed by atoms with Crippen LogP contribution in [-0.2, 0) is 16.2 Å². The van der Waals surface area contributed by atoms with Crippen molar-refractivity contribution in [3.05, 3.63) is 35.9 Å². The van der Waals surface area contributed by atoms with Gasteiger partial charge in [-0.1, -0.05) is 56.5 Å². The van der Waals surface area contributed by atoms with Crippen LogP contribution in [0.3, 0.4) is 0 Å². The third-order valence-corrected chi connectivity index (χ3v) is 3.02. The lowest BCUT2D eigenvalue weighted by Crippen LogP contribution is -2.28. The van der Waals surface area contributed by atoms with Crippen LogP contribution < -0.4 is 5.48 Å². The lowest BCUT2D eigenvalue weighted by Gasteiger charge is -2.13. The quantitative estimate of drug-likeness (QED) is 0.504. The van der Waals surface area contributed by atoms with Crippen LogP contribution >= 0.6 is 0 Å². The molecular formula is C15H23NO3. The van der Waals surface area contributed by atoms with E-state index < -0.39 is 5.97 Å². The molecule has 0 aliphatic carbocycles. The molecule has 0 saturated heterocycles. The van der Waals surface area contributed by atoms with Crippen LogP contribution in [0.25, 0.3) is 0 Å². The predicted molar refractivity (Wildman–Crippen MR) is 74.5 cm³/mol. The Labute approximate surface area is 114 Å². The van der Waals surface area contributed by atoms with E-state index in [-0.39, 0.29) is 5.92 Å². The Hall–Kier alpha value is -1.39. The van der Waals surface area contributed by atoms with E-state index in [9.17, 15) is 4.79 Å². The van der Waals surface area contributed by atoms with Crippen molar-refractivity contribution in [2.45, 2.75) is 39.2 Å². The van der Waals surface area contributed by atoms with Gasteiger partial charge < -0.3 is 5.11 Å². The number of hydrogen-bond donors (Lipinski definition) is 2. The first kappa shape index (κ1) is 15.7. The number of nitrogens with one attached hydrogen (secondary N) is 1. The molecule has 19 heavy (non-hydrogen) atoms. The van der Waals surface area contributed by atoms with Crippen molar-refractivity contribution in [1.29, 1.82) is 0 Å². The molecule has 2 N–H and O–H groups in total. The first-order chi connectivity index (χ1) is 9.24. The summed E-state index contributed by atoms with van der Waals surface area (Å²) in [4.78, 5) is 16.4. The fourth-order valence-corrected chi connectivity index (χ4v) is 1.82. The average molecular weight is 265 g/mol. The van der Waals surface area contributed by atoms with Gasteiger partial charge in [-0.3, -0.25) is 9.63 Å². The molecule has 0 saturated carbocycles. The number of benzene rings is 1. The molecule has 1 rings (SSSR count). The summed E-state index contributed by atoms with van der Waals surface area (Å²) in [7, 11) is 0. The average Bonchev–Trinajstić information content (AvgIpc) is 2.42. The van der Waals surface area contributed by atoms with Gasteiger partial charge in [0.25, 0.3) is 0 Å². The highest BCUT2D eigenvalue weighted by atomic mass is 16.6. The van der Waals surface area contributed by atoms with Crippen LogP contribution in [-0.4, -0.2) is 17.6 Å². The summed E-state index contributed by atoms with van der Waals surface area (Å²) in [5, 5.41) is 9.09. The summed E-state index contributed by atoms with van der Waals surface area (Å²) in [5.41, 5.74) is 3.82. The molecule has 1 atom stereocenters. The number of carboxylic acid groups (broad SMARTS) is 1. The molecule has 1 unspecified atom stereocenters. The minimum absolute atomic E-state index is 0.353. The fraction of sp³-hybridized carbons (Fsp3) is 0.533. The number of carboxylic acids is 1. The van der Waals surface area contributed by atoms with Crippen LogP contribution in [0.2, 0.25) is 0 Å². The molecule has 0 aliphatic rings. The summed E-state index contributed by atoms with van der Waals surface area (Å²) < 4.78 is 0. The van der Waals surface area contributed by atoms with Crippen molar-refractivity contribution >= 4 is 5.97 Å². The number of hydroxylamine groups is 1. The third kappa shape index (κ3) is 6.94. The van der Waals surface area contributed by atoms with E-state index in [0.29, 0.717) is 19.6 Å². The standard InChI is InChI=1S/C15H23NO3/c1-2-3-5-10-14(15(17)18)11-16-19-12-13-8-6-4-7-9-13/h4,6-9,14,16H,2-3,5,10-12H2,1H3,(H,17,18). The number of hydrogen-bond acceptors (Lipinski definition) is 3. The Balaban J connectivity index is 2.19. The van der Waals surface area contributed by atoms with Crippen LogP contribution in [0.15, 0.2) is 30.3 Å². The van der Waals surface area contributed by atoms with Crippen molar-refractivity contribution < 1.29 is 14.7 Å². The molecule has 1 aromatic carbocycles. The van der Waals surface area contributed by atoms with E-state index in [1.54, 1.807) is 0 Å². The van der Waals surface area contributed by atoms with Gasteiger partial charge in [-0.05, 0) is 12.0 Å². The molecule has 4 nitrogen and oxygen atoms in total. The summed E-state index contributed by atoms with van der Waals surface area (Å²) in [6, 6.07) is 9.79.